The van der Waals surface area contributed by atoms with Crippen molar-refractivity contribution < 1.29 is 32.2 Å². The Morgan fingerprint density at radius 3 is 2.12 bits per heavy atom. The number of alkyl halides is 3. The van der Waals surface area contributed by atoms with Crippen LogP contribution < -0.4 is 5.32 Å². The minimum Gasteiger partial charge on any atom is -0.466 e. The van der Waals surface area contributed by atoms with Crippen molar-refractivity contribution in [2.45, 2.75) is 39.1 Å². The normalized spacial score (nSPS) is 13.7. The van der Waals surface area contributed by atoms with Gasteiger partial charge in [-0.2, -0.15) is 13.2 Å². The molecule has 0 spiro atoms. The Kier molecular flexibility index (Phi) is 6.67. The zero-order valence-corrected chi connectivity index (χ0v) is 14.9. The Hall–Kier alpha value is -2.69. The number of methoxy groups -OCH3 is 1. The molecule has 1 N–H and O–H groups in total. The smallest absolute Gasteiger partial charge is 0.434 e. The average Bonchev–Trinajstić information content (AvgIpc) is 2.55. The van der Waals surface area contributed by atoms with Crippen LogP contribution in [0.15, 0.2) is 30.3 Å². The topological polar surface area (TPSA) is 64.6 Å². The monoisotopic (exact) mass is 371 g/mol. The van der Waals surface area contributed by atoms with Gasteiger partial charge >= 0.3 is 18.2 Å². The zero-order valence-electron chi connectivity index (χ0n) is 14.9. The zero-order chi connectivity index (χ0) is 20.0. The Morgan fingerprint density at radius 2 is 1.65 bits per heavy atom. The highest BCUT2D eigenvalue weighted by Gasteiger charge is 2.63. The molecule has 1 aromatic rings. The SMILES string of the molecule is COC(=O)C(C#CC(C)(C)C)(NC(=O)OCc1ccccc1)C(F)(F)F. The molecule has 142 valence electrons. The predicted molar refractivity (Wildman–Crippen MR) is 87.8 cm³/mol. The molecule has 8 heteroatoms. The lowest BCUT2D eigenvalue weighted by atomic mass is 9.93. The molecule has 0 aromatic heterocycles. The fraction of sp³-hybridized carbons (Fsp3) is 0.444. The number of rotatable bonds is 4. The van der Waals surface area contributed by atoms with Crippen LogP contribution in [-0.4, -0.2) is 30.9 Å². The van der Waals surface area contributed by atoms with Gasteiger partial charge in [-0.15, -0.1) is 0 Å². The summed E-state index contributed by atoms with van der Waals surface area (Å²) in [7, 11) is 0.776. The third-order valence-electron chi connectivity index (χ3n) is 3.04. The van der Waals surface area contributed by atoms with Crippen molar-refractivity contribution in [2.75, 3.05) is 7.11 Å². The maximum absolute atomic E-state index is 13.6. The summed E-state index contributed by atoms with van der Waals surface area (Å²) in [5, 5.41) is 1.53. The third-order valence-corrected chi connectivity index (χ3v) is 3.04. The summed E-state index contributed by atoms with van der Waals surface area (Å²) in [6.07, 6.45) is -6.66. The first kappa shape index (κ1) is 21.4. The fourth-order valence-electron chi connectivity index (χ4n) is 1.74. The molecule has 1 amide bonds. The minimum atomic E-state index is -5.22. The van der Waals surface area contributed by atoms with Gasteiger partial charge in [0.15, 0.2) is 0 Å². The number of hydrogen-bond acceptors (Lipinski definition) is 4. The molecule has 0 bridgehead atoms. The molecule has 0 saturated carbocycles. The van der Waals surface area contributed by atoms with Crippen molar-refractivity contribution in [3.05, 3.63) is 35.9 Å². The number of amides is 1. The van der Waals surface area contributed by atoms with E-state index in [0.717, 1.165) is 7.11 Å². The van der Waals surface area contributed by atoms with E-state index in [1.807, 2.05) is 5.92 Å². The standard InChI is InChI=1S/C18H20F3NO4/c1-16(2,3)10-11-17(14(23)25-4,18(19,20)21)22-15(24)26-12-13-8-6-5-7-9-13/h5-9H,12H2,1-4H3,(H,22,24). The summed E-state index contributed by atoms with van der Waals surface area (Å²) in [5.41, 5.74) is -3.80. The summed E-state index contributed by atoms with van der Waals surface area (Å²) in [5.74, 6) is 2.40. The van der Waals surface area contributed by atoms with E-state index in [4.69, 9.17) is 4.74 Å². The molecule has 0 radical (unpaired) electrons. The van der Waals surface area contributed by atoms with E-state index in [9.17, 15) is 22.8 Å². The molecule has 0 aliphatic carbocycles. The van der Waals surface area contributed by atoms with E-state index >= 15 is 0 Å². The largest absolute Gasteiger partial charge is 0.466 e. The molecule has 1 unspecified atom stereocenters. The number of carbonyl (C=O) groups is 2. The van der Waals surface area contributed by atoms with Crippen LogP contribution >= 0.6 is 0 Å². The van der Waals surface area contributed by atoms with Crippen LogP contribution in [-0.2, 0) is 20.9 Å². The van der Waals surface area contributed by atoms with E-state index in [0.29, 0.717) is 5.56 Å². The summed E-state index contributed by atoms with van der Waals surface area (Å²) < 4.78 is 49.9. The fourth-order valence-corrected chi connectivity index (χ4v) is 1.74. The van der Waals surface area contributed by atoms with E-state index in [1.54, 1.807) is 51.1 Å². The summed E-state index contributed by atoms with van der Waals surface area (Å²) in [6, 6.07) is 8.35. The summed E-state index contributed by atoms with van der Waals surface area (Å²) in [6.45, 7) is 4.42. The van der Waals surface area contributed by atoms with E-state index < -0.39 is 29.2 Å². The molecule has 26 heavy (non-hydrogen) atoms. The Bertz CT molecular complexity index is 699. The Balaban J connectivity index is 3.12. The molecular weight excluding hydrogens is 351 g/mol. The lowest BCUT2D eigenvalue weighted by Gasteiger charge is -2.29. The first-order valence-corrected chi connectivity index (χ1v) is 7.59. The van der Waals surface area contributed by atoms with Gasteiger partial charge in [-0.25, -0.2) is 9.59 Å². The summed E-state index contributed by atoms with van der Waals surface area (Å²) >= 11 is 0. The first-order valence-electron chi connectivity index (χ1n) is 7.59. The average molecular weight is 371 g/mol. The van der Waals surface area contributed by atoms with Crippen LogP contribution in [0.5, 0.6) is 0 Å². The maximum atomic E-state index is 13.6. The van der Waals surface area contributed by atoms with Crippen LogP contribution in [0.25, 0.3) is 0 Å². The number of ether oxygens (including phenoxy) is 2. The lowest BCUT2D eigenvalue weighted by Crippen LogP contribution is -2.63. The second kappa shape index (κ2) is 8.13. The molecular formula is C18H20F3NO4. The van der Waals surface area contributed by atoms with Gasteiger partial charge < -0.3 is 9.47 Å². The van der Waals surface area contributed by atoms with Crippen molar-refractivity contribution in [1.82, 2.24) is 5.32 Å². The second-order valence-electron chi connectivity index (χ2n) is 6.43. The van der Waals surface area contributed by atoms with E-state index in [2.05, 4.69) is 10.7 Å². The lowest BCUT2D eigenvalue weighted by molar-refractivity contribution is -0.197. The molecule has 1 aromatic carbocycles. The summed E-state index contributed by atoms with van der Waals surface area (Å²) in [4.78, 5) is 23.8. The first-order chi connectivity index (χ1) is 11.9. The van der Waals surface area contributed by atoms with Crippen LogP contribution in [0, 0.1) is 17.3 Å². The highest BCUT2D eigenvalue weighted by Crippen LogP contribution is 2.32. The van der Waals surface area contributed by atoms with Gasteiger partial charge in [0, 0.05) is 5.41 Å². The number of benzene rings is 1. The molecule has 0 aliphatic rings. The Morgan fingerprint density at radius 1 is 1.08 bits per heavy atom. The number of hydrogen-bond donors (Lipinski definition) is 1. The van der Waals surface area contributed by atoms with Crippen LogP contribution in [0.2, 0.25) is 0 Å². The van der Waals surface area contributed by atoms with Gasteiger partial charge in [0.05, 0.1) is 7.11 Å². The number of nitrogens with one attached hydrogen (secondary N) is 1. The number of halogens is 3. The second-order valence-corrected chi connectivity index (χ2v) is 6.43. The highest BCUT2D eigenvalue weighted by atomic mass is 19.4. The third kappa shape index (κ3) is 5.69. The van der Waals surface area contributed by atoms with Gasteiger partial charge in [-0.3, -0.25) is 5.32 Å². The van der Waals surface area contributed by atoms with Gasteiger partial charge in [0.1, 0.15) is 6.61 Å². The van der Waals surface area contributed by atoms with Crippen molar-refractivity contribution in [1.29, 1.82) is 0 Å². The Labute approximate surface area is 149 Å². The number of carbonyl (C=O) groups excluding carboxylic acids is 2. The molecule has 1 atom stereocenters. The van der Waals surface area contributed by atoms with E-state index in [-0.39, 0.29) is 6.61 Å². The highest BCUT2D eigenvalue weighted by molar-refractivity contribution is 5.90. The van der Waals surface area contributed by atoms with Crippen molar-refractivity contribution in [3.8, 4) is 11.8 Å². The van der Waals surface area contributed by atoms with Crippen molar-refractivity contribution in [3.63, 3.8) is 0 Å². The molecule has 0 heterocycles. The number of esters is 1. The van der Waals surface area contributed by atoms with Gasteiger partial charge in [0.25, 0.3) is 5.54 Å². The van der Waals surface area contributed by atoms with Crippen LogP contribution in [0.1, 0.15) is 26.3 Å². The minimum absolute atomic E-state index is 0.269. The molecule has 0 fully saturated rings. The molecule has 0 saturated heterocycles. The molecule has 0 aliphatic heterocycles. The predicted octanol–water partition coefficient (Wildman–Crippen LogP) is 3.44. The van der Waals surface area contributed by atoms with Gasteiger partial charge in [-0.05, 0) is 26.3 Å². The van der Waals surface area contributed by atoms with Gasteiger partial charge in [-0.1, -0.05) is 42.2 Å². The maximum Gasteiger partial charge on any atom is 0.434 e. The molecule has 1 rings (SSSR count). The van der Waals surface area contributed by atoms with Crippen LogP contribution in [0.4, 0.5) is 18.0 Å². The number of alkyl carbamates (subject to hydrolysis) is 1. The van der Waals surface area contributed by atoms with Crippen molar-refractivity contribution in [2.24, 2.45) is 5.41 Å². The molecule has 5 nitrogen and oxygen atoms in total. The van der Waals surface area contributed by atoms with Crippen LogP contribution in [0.3, 0.4) is 0 Å². The van der Waals surface area contributed by atoms with E-state index in [1.165, 1.54) is 5.32 Å². The van der Waals surface area contributed by atoms with Gasteiger partial charge in [0.2, 0.25) is 0 Å². The quantitative estimate of drug-likeness (QED) is 0.651. The van der Waals surface area contributed by atoms with Crippen molar-refractivity contribution >= 4 is 12.1 Å².